The lowest BCUT2D eigenvalue weighted by atomic mass is 10.0. The fraction of sp³-hybridized carbons (Fsp3) is 0.750. The molecular formula is C12H23N3O6Si. The van der Waals surface area contributed by atoms with Crippen molar-refractivity contribution in [2.24, 2.45) is 11.5 Å². The number of carbonyl (C=O) groups excluding carboxylic acids is 2. The molecule has 0 aromatic rings. The van der Waals surface area contributed by atoms with Crippen LogP contribution in [0.5, 0.6) is 0 Å². The molecule has 1 heterocycles. The minimum Gasteiger partial charge on any atom is -0.479 e. The van der Waals surface area contributed by atoms with Crippen molar-refractivity contribution in [3.8, 4) is 0 Å². The molecule has 0 saturated carbocycles. The zero-order valence-corrected chi connectivity index (χ0v) is 13.9. The van der Waals surface area contributed by atoms with E-state index in [1.54, 1.807) is 0 Å². The molecule has 1 aliphatic rings. The van der Waals surface area contributed by atoms with E-state index in [4.69, 9.17) is 16.3 Å². The van der Waals surface area contributed by atoms with Gasteiger partial charge in [0.05, 0.1) is 0 Å². The van der Waals surface area contributed by atoms with E-state index in [0.717, 1.165) is 11.1 Å². The van der Waals surface area contributed by atoms with Gasteiger partial charge in [0.25, 0.3) is 5.91 Å². The Morgan fingerprint density at radius 1 is 1.41 bits per heavy atom. The van der Waals surface area contributed by atoms with Crippen LogP contribution in [-0.4, -0.2) is 61.0 Å². The van der Waals surface area contributed by atoms with Crippen molar-refractivity contribution in [2.45, 2.75) is 50.3 Å². The molecule has 1 rings (SSSR count). The van der Waals surface area contributed by atoms with Gasteiger partial charge < -0.3 is 21.3 Å². The molecule has 0 aromatic carbocycles. The van der Waals surface area contributed by atoms with Gasteiger partial charge in [-0.2, -0.15) is 0 Å². The number of primary amides is 1. The first-order chi connectivity index (χ1) is 10.0. The van der Waals surface area contributed by atoms with Crippen molar-refractivity contribution in [1.29, 1.82) is 0 Å². The van der Waals surface area contributed by atoms with Crippen molar-refractivity contribution < 1.29 is 29.1 Å². The van der Waals surface area contributed by atoms with Gasteiger partial charge in [0, 0.05) is 8.07 Å². The van der Waals surface area contributed by atoms with Crippen LogP contribution < -0.4 is 11.5 Å². The third kappa shape index (κ3) is 4.96. The second-order valence-corrected chi connectivity index (χ2v) is 12.0. The number of aliphatic carboxylic acids is 1. The molecule has 3 atom stereocenters. The van der Waals surface area contributed by atoms with Crippen LogP contribution in [0.1, 0.15) is 6.42 Å². The summed E-state index contributed by atoms with van der Waals surface area (Å²) < 4.78 is 4.60. The van der Waals surface area contributed by atoms with Crippen LogP contribution >= 0.6 is 0 Å². The maximum Gasteiger partial charge on any atom is 0.404 e. The van der Waals surface area contributed by atoms with Crippen molar-refractivity contribution in [1.82, 2.24) is 5.06 Å². The highest BCUT2D eigenvalue weighted by molar-refractivity contribution is 6.76. The summed E-state index contributed by atoms with van der Waals surface area (Å²) in [6.45, 7) is 6.10. The van der Waals surface area contributed by atoms with Crippen LogP contribution in [0.4, 0.5) is 4.79 Å². The predicted octanol–water partition coefficient (Wildman–Crippen LogP) is -0.267. The third-order valence-corrected chi connectivity index (χ3v) is 5.08. The number of nitrogens with zero attached hydrogens (tertiary/aromatic N) is 1. The van der Waals surface area contributed by atoms with Gasteiger partial charge in [0.2, 0.25) is 0 Å². The van der Waals surface area contributed by atoms with E-state index in [2.05, 4.69) is 24.4 Å². The number of hydrogen-bond acceptors (Lipinski definition) is 6. The Bertz CT molecular complexity index is 453. The van der Waals surface area contributed by atoms with E-state index in [-0.39, 0.29) is 6.61 Å². The Hall–Kier alpha value is -1.65. The summed E-state index contributed by atoms with van der Waals surface area (Å²) in [7, 11) is -1.44. The molecule has 0 aromatic heterocycles. The summed E-state index contributed by atoms with van der Waals surface area (Å²) in [5, 5.41) is 10.1. The number of β-lactam (4-membered cyclic amide) rings is 1. The van der Waals surface area contributed by atoms with Gasteiger partial charge in [-0.3, -0.25) is 9.63 Å². The van der Waals surface area contributed by atoms with Gasteiger partial charge in [-0.25, -0.2) is 14.7 Å². The Balaban J connectivity index is 2.64. The number of ether oxygens (including phenoxy) is 1. The molecule has 5 N–H and O–H groups in total. The molecular weight excluding hydrogens is 310 g/mol. The average molecular weight is 333 g/mol. The molecule has 0 spiro atoms. The van der Waals surface area contributed by atoms with Gasteiger partial charge in [0.1, 0.15) is 18.7 Å². The molecule has 10 heteroatoms. The zero-order chi connectivity index (χ0) is 17.1. The zero-order valence-electron chi connectivity index (χ0n) is 12.9. The Labute approximate surface area is 129 Å². The third-order valence-electron chi connectivity index (χ3n) is 3.29. The Morgan fingerprint density at radius 2 is 2.00 bits per heavy atom. The van der Waals surface area contributed by atoms with Crippen molar-refractivity contribution >= 4 is 26.0 Å². The van der Waals surface area contributed by atoms with Gasteiger partial charge in [-0.05, 0) is 6.42 Å². The number of amides is 2. The molecule has 0 aliphatic carbocycles. The predicted molar refractivity (Wildman–Crippen MR) is 79.4 cm³/mol. The van der Waals surface area contributed by atoms with Crippen molar-refractivity contribution in [3.63, 3.8) is 0 Å². The molecule has 126 valence electrons. The number of carbonyl (C=O) groups is 3. The summed E-state index contributed by atoms with van der Waals surface area (Å²) >= 11 is 0. The summed E-state index contributed by atoms with van der Waals surface area (Å²) in [4.78, 5) is 38.8. The van der Waals surface area contributed by atoms with E-state index in [0.29, 0.717) is 6.42 Å². The first kappa shape index (κ1) is 18.4. The van der Waals surface area contributed by atoms with Gasteiger partial charge >= 0.3 is 12.1 Å². The van der Waals surface area contributed by atoms with Gasteiger partial charge in [0.15, 0.2) is 6.10 Å². The molecule has 1 unspecified atom stereocenters. The second-order valence-electron chi connectivity index (χ2n) is 6.42. The normalized spacial score (nSPS) is 22.9. The van der Waals surface area contributed by atoms with Crippen LogP contribution in [0.25, 0.3) is 0 Å². The lowest BCUT2D eigenvalue weighted by Crippen LogP contribution is -2.70. The average Bonchev–Trinajstić information content (AvgIpc) is 2.38. The monoisotopic (exact) mass is 333 g/mol. The maximum atomic E-state index is 11.7. The van der Waals surface area contributed by atoms with Crippen molar-refractivity contribution in [2.75, 3.05) is 6.61 Å². The molecule has 22 heavy (non-hydrogen) atoms. The largest absolute Gasteiger partial charge is 0.479 e. The molecule has 1 saturated heterocycles. The summed E-state index contributed by atoms with van der Waals surface area (Å²) in [6, 6.07) is -0.889. The lowest BCUT2D eigenvalue weighted by molar-refractivity contribution is -0.256. The van der Waals surface area contributed by atoms with Crippen molar-refractivity contribution in [3.05, 3.63) is 0 Å². The topological polar surface area (TPSA) is 145 Å². The van der Waals surface area contributed by atoms with Crippen LogP contribution in [0, 0.1) is 0 Å². The van der Waals surface area contributed by atoms with Crippen LogP contribution in [-0.2, 0) is 19.2 Å². The van der Waals surface area contributed by atoms with E-state index < -0.39 is 44.2 Å². The molecule has 2 amide bonds. The first-order valence-corrected chi connectivity index (χ1v) is 10.6. The molecule has 1 fully saturated rings. The Kier molecular flexibility index (Phi) is 5.91. The number of carboxylic acids is 1. The fourth-order valence-corrected chi connectivity index (χ4v) is 3.06. The van der Waals surface area contributed by atoms with E-state index >= 15 is 0 Å². The summed E-state index contributed by atoms with van der Waals surface area (Å²) in [6.07, 6.45) is -1.84. The maximum absolute atomic E-state index is 11.7. The van der Waals surface area contributed by atoms with Crippen LogP contribution in [0.3, 0.4) is 0 Å². The van der Waals surface area contributed by atoms with E-state index in [9.17, 15) is 19.5 Å². The lowest BCUT2D eigenvalue weighted by Gasteiger charge is -2.44. The molecule has 1 aliphatic heterocycles. The minimum absolute atomic E-state index is 0.234. The van der Waals surface area contributed by atoms with Crippen LogP contribution in [0.2, 0.25) is 25.7 Å². The minimum atomic E-state index is -1.44. The number of hydrogen-bond donors (Lipinski definition) is 3. The standard InChI is InChI=1S/C12H23N3O6Si/c1-22(2,3)5-4-8(11(17)18)21-15-7(6-20-12(14)19)9(13)10(15)16/h7-9H,4-6,13H2,1-3H3,(H2,14,19)(H,17,18)/t7-,8?,9+/m1/s1. The van der Waals surface area contributed by atoms with Crippen LogP contribution in [0.15, 0.2) is 0 Å². The Morgan fingerprint density at radius 3 is 2.45 bits per heavy atom. The highest BCUT2D eigenvalue weighted by Crippen LogP contribution is 2.23. The first-order valence-electron chi connectivity index (χ1n) is 6.93. The molecule has 0 radical (unpaired) electrons. The number of hydroxylamine groups is 2. The quantitative estimate of drug-likeness (QED) is 0.409. The number of carboxylic acid groups (broad SMARTS) is 1. The summed E-state index contributed by atoms with van der Waals surface area (Å²) in [5.74, 6) is -1.70. The number of nitrogens with two attached hydrogens (primary N) is 2. The summed E-state index contributed by atoms with van der Waals surface area (Å²) in [5.41, 5.74) is 10.4. The highest BCUT2D eigenvalue weighted by Gasteiger charge is 2.48. The second kappa shape index (κ2) is 7.07. The molecule has 9 nitrogen and oxygen atoms in total. The van der Waals surface area contributed by atoms with E-state index in [1.165, 1.54) is 0 Å². The number of rotatable bonds is 8. The SMILES string of the molecule is C[Si](C)(C)CCC(ON1C(=O)[C@@H](N)[C@H]1COC(N)=O)C(=O)O. The smallest absolute Gasteiger partial charge is 0.404 e. The van der Waals surface area contributed by atoms with Gasteiger partial charge in [-0.15, -0.1) is 0 Å². The highest BCUT2D eigenvalue weighted by atomic mass is 28.3. The van der Waals surface area contributed by atoms with E-state index in [1.807, 2.05) is 0 Å². The molecule has 0 bridgehead atoms. The van der Waals surface area contributed by atoms with Gasteiger partial charge in [-0.1, -0.05) is 25.7 Å². The fourth-order valence-electron chi connectivity index (χ4n) is 1.93.